The number of methoxy groups -OCH3 is 1. The maximum atomic E-state index is 11.4. The van der Waals surface area contributed by atoms with Crippen molar-refractivity contribution in [1.82, 2.24) is 10.2 Å². The molecule has 1 N–H and O–H groups in total. The van der Waals surface area contributed by atoms with E-state index in [0.717, 1.165) is 25.9 Å². The summed E-state index contributed by atoms with van der Waals surface area (Å²) in [5.74, 6) is 0.0129. The third kappa shape index (κ3) is 9.32. The molecule has 0 aromatic carbocycles. The van der Waals surface area contributed by atoms with Crippen molar-refractivity contribution >= 4 is 5.91 Å². The first-order valence-electron chi connectivity index (χ1n) is 8.27. The first-order valence-corrected chi connectivity index (χ1v) is 8.27. The summed E-state index contributed by atoms with van der Waals surface area (Å²) in [6.07, 6.45) is 7.46. The number of carbonyl (C=O) groups excluding carboxylic acids is 1. The van der Waals surface area contributed by atoms with Crippen LogP contribution in [0.3, 0.4) is 0 Å². The van der Waals surface area contributed by atoms with Crippen LogP contribution in [0.25, 0.3) is 0 Å². The van der Waals surface area contributed by atoms with Gasteiger partial charge in [0.2, 0.25) is 5.91 Å². The Kier molecular flexibility index (Phi) is 13.0. The lowest BCUT2D eigenvalue weighted by Crippen LogP contribution is -2.45. The monoisotopic (exact) mass is 286 g/mol. The van der Waals surface area contributed by atoms with Gasteiger partial charge in [0.15, 0.2) is 0 Å². The van der Waals surface area contributed by atoms with E-state index < -0.39 is 0 Å². The van der Waals surface area contributed by atoms with Crippen LogP contribution in [0.4, 0.5) is 0 Å². The summed E-state index contributed by atoms with van der Waals surface area (Å²) >= 11 is 0. The molecule has 0 aliphatic carbocycles. The molecule has 4 nitrogen and oxygen atoms in total. The number of hydrogen-bond donors (Lipinski definition) is 1. The van der Waals surface area contributed by atoms with Gasteiger partial charge in [0, 0.05) is 26.2 Å². The van der Waals surface area contributed by atoms with Gasteiger partial charge in [-0.2, -0.15) is 0 Å². The van der Waals surface area contributed by atoms with E-state index in [9.17, 15) is 4.79 Å². The van der Waals surface area contributed by atoms with E-state index in [0.29, 0.717) is 6.04 Å². The van der Waals surface area contributed by atoms with Crippen molar-refractivity contribution < 1.29 is 9.53 Å². The fourth-order valence-electron chi connectivity index (χ4n) is 2.46. The average Bonchev–Trinajstić information content (AvgIpc) is 2.48. The molecule has 120 valence electrons. The first-order chi connectivity index (χ1) is 9.76. The Morgan fingerprint density at radius 2 is 1.85 bits per heavy atom. The Morgan fingerprint density at radius 3 is 2.40 bits per heavy atom. The van der Waals surface area contributed by atoms with Crippen LogP contribution in [-0.4, -0.2) is 50.2 Å². The lowest BCUT2D eigenvalue weighted by molar-refractivity contribution is -0.125. The van der Waals surface area contributed by atoms with Gasteiger partial charge in [-0.05, 0) is 25.8 Å². The van der Waals surface area contributed by atoms with Crippen LogP contribution in [0.15, 0.2) is 0 Å². The SMILES string of the molecule is CC.CCCCCCN1CCC(NC(=O)COC)CC1. The van der Waals surface area contributed by atoms with Gasteiger partial charge >= 0.3 is 0 Å². The topological polar surface area (TPSA) is 41.6 Å². The maximum absolute atomic E-state index is 11.4. The van der Waals surface area contributed by atoms with Crippen molar-refractivity contribution in [3.05, 3.63) is 0 Å². The van der Waals surface area contributed by atoms with E-state index in [1.807, 2.05) is 13.8 Å². The highest BCUT2D eigenvalue weighted by Gasteiger charge is 2.19. The van der Waals surface area contributed by atoms with Crippen molar-refractivity contribution in [1.29, 1.82) is 0 Å². The molecule has 1 rings (SSSR count). The number of likely N-dealkylation sites (tertiary alicyclic amines) is 1. The second-order valence-electron chi connectivity index (χ2n) is 5.18. The van der Waals surface area contributed by atoms with Crippen LogP contribution >= 0.6 is 0 Å². The van der Waals surface area contributed by atoms with Gasteiger partial charge in [-0.15, -0.1) is 0 Å². The second-order valence-corrected chi connectivity index (χ2v) is 5.18. The van der Waals surface area contributed by atoms with E-state index in [4.69, 9.17) is 4.74 Å². The quantitative estimate of drug-likeness (QED) is 0.698. The minimum atomic E-state index is 0.0129. The Bertz CT molecular complexity index is 227. The van der Waals surface area contributed by atoms with Gasteiger partial charge in [-0.1, -0.05) is 40.0 Å². The molecule has 0 saturated carbocycles. The Morgan fingerprint density at radius 1 is 1.20 bits per heavy atom. The predicted molar refractivity (Wildman–Crippen MR) is 85.0 cm³/mol. The molecule has 1 saturated heterocycles. The summed E-state index contributed by atoms with van der Waals surface area (Å²) in [4.78, 5) is 13.9. The molecule has 1 aliphatic rings. The van der Waals surface area contributed by atoms with Crippen LogP contribution in [0.5, 0.6) is 0 Å². The standard InChI is InChI=1S/C14H28N2O2.C2H6/c1-3-4-5-6-9-16-10-7-13(8-11-16)15-14(17)12-18-2;1-2/h13H,3-12H2,1-2H3,(H,15,17);1-2H3. The fraction of sp³-hybridized carbons (Fsp3) is 0.938. The first kappa shape index (κ1) is 19.4. The normalized spacial score (nSPS) is 16.4. The lowest BCUT2D eigenvalue weighted by atomic mass is 10.0. The van der Waals surface area contributed by atoms with E-state index in [-0.39, 0.29) is 12.5 Å². The van der Waals surface area contributed by atoms with Crippen LogP contribution in [-0.2, 0) is 9.53 Å². The van der Waals surface area contributed by atoms with Crippen molar-refractivity contribution in [2.45, 2.75) is 65.3 Å². The fourth-order valence-corrected chi connectivity index (χ4v) is 2.46. The van der Waals surface area contributed by atoms with Crippen molar-refractivity contribution in [2.75, 3.05) is 33.4 Å². The number of hydrogen-bond acceptors (Lipinski definition) is 3. The Labute approximate surface area is 125 Å². The number of nitrogens with one attached hydrogen (secondary N) is 1. The summed E-state index contributed by atoms with van der Waals surface area (Å²) in [6.45, 7) is 9.87. The Hall–Kier alpha value is -0.610. The average molecular weight is 286 g/mol. The highest BCUT2D eigenvalue weighted by atomic mass is 16.5. The van der Waals surface area contributed by atoms with Crippen LogP contribution in [0.1, 0.15) is 59.3 Å². The molecule has 0 spiro atoms. The zero-order valence-electron chi connectivity index (χ0n) is 13.9. The molecular weight excluding hydrogens is 252 g/mol. The molecule has 4 heteroatoms. The molecule has 0 atom stereocenters. The third-order valence-electron chi connectivity index (χ3n) is 3.56. The molecule has 20 heavy (non-hydrogen) atoms. The number of piperidine rings is 1. The van der Waals surface area contributed by atoms with Crippen LogP contribution < -0.4 is 5.32 Å². The molecule has 1 amide bonds. The highest BCUT2D eigenvalue weighted by Crippen LogP contribution is 2.11. The van der Waals surface area contributed by atoms with E-state index in [1.54, 1.807) is 7.11 Å². The van der Waals surface area contributed by atoms with E-state index in [1.165, 1.54) is 32.2 Å². The number of carbonyl (C=O) groups is 1. The van der Waals surface area contributed by atoms with Crippen LogP contribution in [0.2, 0.25) is 0 Å². The van der Waals surface area contributed by atoms with Gasteiger partial charge in [0.25, 0.3) is 0 Å². The molecule has 1 fully saturated rings. The summed E-state index contributed by atoms with van der Waals surface area (Å²) < 4.78 is 4.82. The Balaban J connectivity index is 0.00000172. The molecule has 1 aliphatic heterocycles. The summed E-state index contributed by atoms with van der Waals surface area (Å²) in [7, 11) is 1.55. The third-order valence-corrected chi connectivity index (χ3v) is 3.56. The van der Waals surface area contributed by atoms with Crippen molar-refractivity contribution in [2.24, 2.45) is 0 Å². The highest BCUT2D eigenvalue weighted by molar-refractivity contribution is 5.77. The maximum Gasteiger partial charge on any atom is 0.246 e. The molecular formula is C16H34N2O2. The number of nitrogens with zero attached hydrogens (tertiary/aromatic N) is 1. The largest absolute Gasteiger partial charge is 0.375 e. The molecule has 0 aromatic rings. The van der Waals surface area contributed by atoms with E-state index in [2.05, 4.69) is 17.1 Å². The molecule has 0 radical (unpaired) electrons. The number of unbranched alkanes of at least 4 members (excludes halogenated alkanes) is 3. The van der Waals surface area contributed by atoms with Gasteiger partial charge in [0.1, 0.15) is 6.61 Å². The summed E-state index contributed by atoms with van der Waals surface area (Å²) in [5, 5.41) is 3.03. The molecule has 0 aromatic heterocycles. The number of ether oxygens (including phenoxy) is 1. The van der Waals surface area contributed by atoms with Crippen molar-refractivity contribution in [3.8, 4) is 0 Å². The smallest absolute Gasteiger partial charge is 0.246 e. The predicted octanol–water partition coefficient (Wildman–Crippen LogP) is 2.82. The number of amides is 1. The second kappa shape index (κ2) is 13.4. The van der Waals surface area contributed by atoms with Crippen molar-refractivity contribution in [3.63, 3.8) is 0 Å². The summed E-state index contributed by atoms with van der Waals surface area (Å²) in [6, 6.07) is 0.347. The zero-order chi connectivity index (χ0) is 15.2. The van der Waals surface area contributed by atoms with Gasteiger partial charge in [-0.3, -0.25) is 4.79 Å². The lowest BCUT2D eigenvalue weighted by Gasteiger charge is -2.32. The summed E-state index contributed by atoms with van der Waals surface area (Å²) in [5.41, 5.74) is 0. The molecule has 0 unspecified atom stereocenters. The van der Waals surface area contributed by atoms with Crippen LogP contribution in [0, 0.1) is 0 Å². The van der Waals surface area contributed by atoms with Gasteiger partial charge in [-0.25, -0.2) is 0 Å². The molecule has 0 bridgehead atoms. The number of rotatable bonds is 8. The van der Waals surface area contributed by atoms with Gasteiger partial charge < -0.3 is 15.0 Å². The zero-order valence-corrected chi connectivity index (χ0v) is 13.9. The van der Waals surface area contributed by atoms with Gasteiger partial charge in [0.05, 0.1) is 0 Å². The minimum absolute atomic E-state index is 0.0129. The minimum Gasteiger partial charge on any atom is -0.375 e. The van der Waals surface area contributed by atoms with E-state index >= 15 is 0 Å². The molecule has 1 heterocycles.